The first-order valence-electron chi connectivity index (χ1n) is 5.57. The monoisotopic (exact) mass is 262 g/mol. The molecule has 2 N–H and O–H groups in total. The molecule has 2 aromatic carbocycles. The molecule has 1 aliphatic rings. The summed E-state index contributed by atoms with van der Waals surface area (Å²) in [6.07, 6.45) is 0.968. The number of benzene rings is 2. The number of halogens is 1. The van der Waals surface area contributed by atoms with E-state index in [-0.39, 0.29) is 10.9 Å². The van der Waals surface area contributed by atoms with Gasteiger partial charge in [0, 0.05) is 22.6 Å². The van der Waals surface area contributed by atoms with E-state index in [1.54, 1.807) is 0 Å². The minimum atomic E-state index is 0.00937. The zero-order valence-corrected chi connectivity index (χ0v) is 10.9. The van der Waals surface area contributed by atoms with Crippen molar-refractivity contribution in [1.82, 2.24) is 0 Å². The Hall–Kier alpha value is -0.960. The molecule has 17 heavy (non-hydrogen) atoms. The van der Waals surface area contributed by atoms with Gasteiger partial charge in [0.2, 0.25) is 0 Å². The van der Waals surface area contributed by atoms with Crippen LogP contribution in [0.5, 0.6) is 0 Å². The van der Waals surface area contributed by atoms with E-state index in [1.165, 1.54) is 20.9 Å². The lowest BCUT2D eigenvalue weighted by molar-refractivity contribution is 1.04. The Morgan fingerprint density at radius 3 is 2.65 bits per heavy atom. The summed E-state index contributed by atoms with van der Waals surface area (Å²) in [4.78, 5) is 2.75. The van der Waals surface area contributed by atoms with Crippen molar-refractivity contribution in [2.75, 3.05) is 5.88 Å². The second kappa shape index (κ2) is 4.37. The summed E-state index contributed by atoms with van der Waals surface area (Å²) < 4.78 is 0. The van der Waals surface area contributed by atoms with Crippen LogP contribution in [-0.2, 0) is 17.3 Å². The fraction of sp³-hybridized carbons (Fsp3) is 0.143. The Kier molecular flexibility index (Phi) is 2.87. The Bertz CT molecular complexity index is 568. The van der Waals surface area contributed by atoms with Crippen LogP contribution in [0.1, 0.15) is 11.1 Å². The first-order chi connectivity index (χ1) is 8.29. The van der Waals surface area contributed by atoms with Gasteiger partial charge in [-0.05, 0) is 24.3 Å². The van der Waals surface area contributed by atoms with Gasteiger partial charge in [0.05, 0.1) is 10.9 Å². The molecule has 1 nitrogen and oxygen atoms in total. The first kappa shape index (κ1) is 11.1. The number of fused-ring (bicyclic) bond motifs is 2. The molecule has 1 atom stereocenters. The highest BCUT2D eigenvalue weighted by atomic mass is 35.5. The molecule has 1 unspecified atom stereocenters. The van der Waals surface area contributed by atoms with E-state index in [0.717, 1.165) is 11.4 Å². The van der Waals surface area contributed by atoms with Crippen molar-refractivity contribution >= 4 is 22.5 Å². The molecule has 86 valence electrons. The molecule has 0 aliphatic carbocycles. The molecule has 0 spiro atoms. The van der Waals surface area contributed by atoms with Crippen molar-refractivity contribution in [1.29, 1.82) is 0 Å². The fourth-order valence-corrected chi connectivity index (χ4v) is 4.49. The van der Waals surface area contributed by atoms with Gasteiger partial charge in [0.25, 0.3) is 0 Å². The van der Waals surface area contributed by atoms with Gasteiger partial charge >= 0.3 is 0 Å². The summed E-state index contributed by atoms with van der Waals surface area (Å²) in [7, 11) is 0.00937. The van der Waals surface area contributed by atoms with Crippen LogP contribution in [0.2, 0.25) is 5.02 Å². The van der Waals surface area contributed by atoms with Crippen LogP contribution in [0.15, 0.2) is 52.3 Å². The molecule has 1 aliphatic heterocycles. The van der Waals surface area contributed by atoms with Crippen molar-refractivity contribution in [2.24, 2.45) is 5.73 Å². The van der Waals surface area contributed by atoms with E-state index in [0.29, 0.717) is 5.88 Å². The maximum Gasteiger partial charge on any atom is 0.168 e. The second-order valence-corrected chi connectivity index (χ2v) is 6.52. The normalized spacial score (nSPS) is 17.4. The molecule has 0 aromatic heterocycles. The lowest BCUT2D eigenvalue weighted by Gasteiger charge is -2.18. The Morgan fingerprint density at radius 1 is 1.06 bits per heavy atom. The van der Waals surface area contributed by atoms with E-state index in [2.05, 4.69) is 36.4 Å². The second-order valence-electron chi connectivity index (χ2n) is 4.09. The Labute approximate surface area is 109 Å². The molecular weight excluding hydrogens is 250 g/mol. The van der Waals surface area contributed by atoms with Gasteiger partial charge in [-0.1, -0.05) is 29.8 Å². The minimum absolute atomic E-state index is 0.00937. The van der Waals surface area contributed by atoms with E-state index in [4.69, 9.17) is 17.3 Å². The standard InChI is InChI=1S/C14H13ClNS/c15-12-5-6-14-11(8-12)7-10-3-1-2-4-13(10)17(14)9-16/h1-6,8H,7,9,16H2/q+1. The van der Waals surface area contributed by atoms with Crippen molar-refractivity contribution < 1.29 is 0 Å². The Morgan fingerprint density at radius 2 is 1.82 bits per heavy atom. The number of hydrogen-bond donors (Lipinski definition) is 1. The highest BCUT2D eigenvalue weighted by Crippen LogP contribution is 2.36. The largest absolute Gasteiger partial charge is 0.288 e. The fourth-order valence-electron chi connectivity index (χ4n) is 2.32. The third-order valence-corrected chi connectivity index (χ3v) is 5.50. The maximum absolute atomic E-state index is 6.07. The van der Waals surface area contributed by atoms with E-state index in [9.17, 15) is 0 Å². The van der Waals surface area contributed by atoms with Crippen LogP contribution in [0, 0.1) is 0 Å². The molecule has 0 saturated carbocycles. The molecule has 0 bridgehead atoms. The highest BCUT2D eigenvalue weighted by molar-refractivity contribution is 7.97. The summed E-state index contributed by atoms with van der Waals surface area (Å²) >= 11 is 6.07. The summed E-state index contributed by atoms with van der Waals surface area (Å²) in [6, 6.07) is 14.7. The smallest absolute Gasteiger partial charge is 0.168 e. The molecule has 1 heterocycles. The molecule has 0 radical (unpaired) electrons. The zero-order valence-electron chi connectivity index (χ0n) is 9.32. The van der Waals surface area contributed by atoms with Crippen LogP contribution in [0.25, 0.3) is 0 Å². The molecule has 0 fully saturated rings. The molecule has 3 rings (SSSR count). The predicted octanol–water partition coefficient (Wildman–Crippen LogP) is 3.20. The maximum atomic E-state index is 6.07. The van der Waals surface area contributed by atoms with E-state index < -0.39 is 0 Å². The minimum Gasteiger partial charge on any atom is -0.288 e. The third kappa shape index (κ3) is 1.86. The zero-order chi connectivity index (χ0) is 11.8. The average molecular weight is 263 g/mol. The number of rotatable bonds is 1. The molecule has 0 amide bonds. The van der Waals surface area contributed by atoms with E-state index in [1.807, 2.05) is 6.07 Å². The first-order valence-corrected chi connectivity index (χ1v) is 7.34. The lowest BCUT2D eigenvalue weighted by atomic mass is 10.0. The van der Waals surface area contributed by atoms with Gasteiger partial charge in [-0.15, -0.1) is 0 Å². The van der Waals surface area contributed by atoms with Crippen LogP contribution < -0.4 is 5.73 Å². The number of nitrogens with two attached hydrogens (primary N) is 1. The molecule has 0 saturated heterocycles. The predicted molar refractivity (Wildman–Crippen MR) is 73.7 cm³/mol. The van der Waals surface area contributed by atoms with Crippen molar-refractivity contribution in [2.45, 2.75) is 16.2 Å². The topological polar surface area (TPSA) is 26.0 Å². The third-order valence-electron chi connectivity index (χ3n) is 3.07. The van der Waals surface area contributed by atoms with Gasteiger partial charge in [-0.25, -0.2) is 0 Å². The highest BCUT2D eigenvalue weighted by Gasteiger charge is 2.33. The molecule has 2 aromatic rings. The van der Waals surface area contributed by atoms with Crippen molar-refractivity contribution in [3.8, 4) is 0 Å². The van der Waals surface area contributed by atoms with Crippen LogP contribution >= 0.6 is 11.6 Å². The van der Waals surface area contributed by atoms with Crippen molar-refractivity contribution in [3.63, 3.8) is 0 Å². The average Bonchev–Trinajstić information content (AvgIpc) is 2.35. The summed E-state index contributed by atoms with van der Waals surface area (Å²) in [5, 5.41) is 0.809. The molecule has 3 heteroatoms. The van der Waals surface area contributed by atoms with E-state index >= 15 is 0 Å². The van der Waals surface area contributed by atoms with Gasteiger partial charge in [0.1, 0.15) is 0 Å². The summed E-state index contributed by atoms with van der Waals surface area (Å²) in [5.74, 6) is 0.672. The van der Waals surface area contributed by atoms with Crippen LogP contribution in [0.3, 0.4) is 0 Å². The SMILES string of the molecule is NC[S+]1c2ccccc2Cc2cc(Cl)ccc21. The summed E-state index contributed by atoms with van der Waals surface area (Å²) in [6.45, 7) is 0. The van der Waals surface area contributed by atoms with Gasteiger partial charge < -0.3 is 0 Å². The molecular formula is C14H13ClNS+. The Balaban J connectivity index is 2.18. The van der Waals surface area contributed by atoms with Gasteiger partial charge in [0.15, 0.2) is 15.7 Å². The summed E-state index contributed by atoms with van der Waals surface area (Å²) in [5.41, 5.74) is 8.66. The lowest BCUT2D eigenvalue weighted by Crippen LogP contribution is -2.22. The van der Waals surface area contributed by atoms with Crippen LogP contribution in [-0.4, -0.2) is 5.88 Å². The van der Waals surface area contributed by atoms with Gasteiger partial charge in [-0.3, -0.25) is 5.73 Å². The van der Waals surface area contributed by atoms with Gasteiger partial charge in [-0.2, -0.15) is 0 Å². The number of hydrogen-bond acceptors (Lipinski definition) is 1. The van der Waals surface area contributed by atoms with Crippen molar-refractivity contribution in [3.05, 3.63) is 58.6 Å². The quantitative estimate of drug-likeness (QED) is 0.785. The van der Waals surface area contributed by atoms with Crippen LogP contribution in [0.4, 0.5) is 0 Å².